The van der Waals surface area contributed by atoms with Crippen LogP contribution in [0.1, 0.15) is 85.0 Å². The monoisotopic (exact) mass is 385 g/mol. The van der Waals surface area contributed by atoms with E-state index in [1.165, 1.54) is 57.9 Å². The van der Waals surface area contributed by atoms with Crippen molar-refractivity contribution in [2.75, 3.05) is 53.7 Å². The van der Waals surface area contributed by atoms with Gasteiger partial charge in [-0.3, -0.25) is 0 Å². The van der Waals surface area contributed by atoms with E-state index in [4.69, 9.17) is 14.2 Å². The highest BCUT2D eigenvalue weighted by Crippen LogP contribution is 2.54. The highest BCUT2D eigenvalue weighted by Gasteiger charge is 2.53. The van der Waals surface area contributed by atoms with Crippen molar-refractivity contribution < 1.29 is 14.2 Å². The lowest BCUT2D eigenvalue weighted by molar-refractivity contribution is -0.0995. The van der Waals surface area contributed by atoms with Crippen LogP contribution in [-0.4, -0.2) is 64.2 Å². The summed E-state index contributed by atoms with van der Waals surface area (Å²) in [5, 5.41) is 0. The van der Waals surface area contributed by atoms with Crippen LogP contribution in [0.15, 0.2) is 0 Å². The summed E-state index contributed by atoms with van der Waals surface area (Å²) in [5.41, 5.74) is 0.631. The minimum absolute atomic E-state index is 0.237. The Bertz CT molecular complexity index is 362. The lowest BCUT2D eigenvalue weighted by Crippen LogP contribution is -2.62. The quantitative estimate of drug-likeness (QED) is 0.337. The first-order valence-corrected chi connectivity index (χ1v) is 11.5. The van der Waals surface area contributed by atoms with Crippen molar-refractivity contribution in [1.29, 1.82) is 0 Å². The molecule has 0 saturated carbocycles. The number of methoxy groups -OCH3 is 1. The Hall–Kier alpha value is -0.160. The third kappa shape index (κ3) is 6.99. The molecule has 0 aromatic carbocycles. The topological polar surface area (TPSA) is 30.9 Å². The Balaban J connectivity index is 3.05. The Morgan fingerprint density at radius 2 is 1.56 bits per heavy atom. The van der Waals surface area contributed by atoms with Crippen molar-refractivity contribution in [2.24, 2.45) is 5.41 Å². The van der Waals surface area contributed by atoms with Crippen molar-refractivity contribution in [3.8, 4) is 0 Å². The zero-order valence-electron chi connectivity index (χ0n) is 19.0. The van der Waals surface area contributed by atoms with Crippen LogP contribution in [0.5, 0.6) is 0 Å². The number of unbranched alkanes of at least 4 members (excludes halogenated alkanes) is 1. The molecule has 0 aromatic heterocycles. The average molecular weight is 386 g/mol. The molecular weight excluding hydrogens is 338 g/mol. The predicted octanol–water partition coefficient (Wildman–Crippen LogP) is 5.30. The smallest absolute Gasteiger partial charge is 0.0483 e. The maximum atomic E-state index is 5.87. The van der Waals surface area contributed by atoms with Gasteiger partial charge in [0.25, 0.3) is 0 Å². The molecule has 1 fully saturated rings. The van der Waals surface area contributed by atoms with Gasteiger partial charge in [0.1, 0.15) is 0 Å². The Morgan fingerprint density at radius 1 is 0.815 bits per heavy atom. The summed E-state index contributed by atoms with van der Waals surface area (Å²) in [6, 6.07) is 0. The largest absolute Gasteiger partial charge is 0.385 e. The van der Waals surface area contributed by atoms with Crippen LogP contribution in [0.3, 0.4) is 0 Å². The fraction of sp³-hybridized carbons (Fsp3) is 1.00. The van der Waals surface area contributed by atoms with Gasteiger partial charge in [-0.2, -0.15) is 0 Å². The van der Waals surface area contributed by atoms with E-state index in [0.29, 0.717) is 5.41 Å². The van der Waals surface area contributed by atoms with Gasteiger partial charge in [0, 0.05) is 45.7 Å². The Labute approximate surface area is 169 Å². The van der Waals surface area contributed by atoms with Gasteiger partial charge in [-0.15, -0.1) is 0 Å². The number of hydrogen-bond donors (Lipinski definition) is 0. The second kappa shape index (κ2) is 13.9. The van der Waals surface area contributed by atoms with Crippen molar-refractivity contribution >= 4 is 0 Å². The van der Waals surface area contributed by atoms with Crippen LogP contribution in [0.4, 0.5) is 0 Å². The van der Waals surface area contributed by atoms with E-state index in [1.54, 1.807) is 0 Å². The molecule has 0 aliphatic carbocycles. The number of rotatable bonds is 16. The SMILES string of the molecule is CCCC1(CCCCOC)CCCN(C)C1(CCCOCC)CCOCC. The summed E-state index contributed by atoms with van der Waals surface area (Å²) in [5.74, 6) is 0. The van der Waals surface area contributed by atoms with Crippen molar-refractivity contribution in [3.63, 3.8) is 0 Å². The second-order valence-electron chi connectivity index (χ2n) is 8.28. The number of hydrogen-bond acceptors (Lipinski definition) is 4. The normalized spacial score (nSPS) is 26.6. The first-order valence-electron chi connectivity index (χ1n) is 11.5. The van der Waals surface area contributed by atoms with Gasteiger partial charge >= 0.3 is 0 Å². The maximum absolute atomic E-state index is 5.87. The zero-order chi connectivity index (χ0) is 20.0. The van der Waals surface area contributed by atoms with Crippen LogP contribution in [0.2, 0.25) is 0 Å². The molecule has 0 spiro atoms. The first kappa shape index (κ1) is 24.9. The minimum Gasteiger partial charge on any atom is -0.385 e. The van der Waals surface area contributed by atoms with Gasteiger partial charge in [-0.05, 0) is 84.2 Å². The first-order chi connectivity index (χ1) is 13.1. The summed E-state index contributed by atoms with van der Waals surface area (Å²) in [7, 11) is 4.18. The number of nitrogens with zero attached hydrogens (tertiary/aromatic N) is 1. The number of likely N-dealkylation sites (tertiary alicyclic amines) is 1. The zero-order valence-corrected chi connectivity index (χ0v) is 19.0. The third-order valence-corrected chi connectivity index (χ3v) is 6.80. The fourth-order valence-corrected chi connectivity index (χ4v) is 5.57. The molecule has 1 aliphatic heterocycles. The molecule has 0 N–H and O–H groups in total. The van der Waals surface area contributed by atoms with Gasteiger partial charge in [0.15, 0.2) is 0 Å². The molecule has 27 heavy (non-hydrogen) atoms. The molecule has 1 aliphatic rings. The van der Waals surface area contributed by atoms with E-state index in [1.807, 2.05) is 7.11 Å². The summed E-state index contributed by atoms with van der Waals surface area (Å²) in [6.45, 7) is 12.0. The Morgan fingerprint density at radius 3 is 2.22 bits per heavy atom. The molecule has 1 heterocycles. The van der Waals surface area contributed by atoms with Crippen molar-refractivity contribution in [2.45, 2.75) is 90.5 Å². The third-order valence-electron chi connectivity index (χ3n) is 6.80. The molecule has 0 aromatic rings. The van der Waals surface area contributed by atoms with Crippen LogP contribution < -0.4 is 0 Å². The van der Waals surface area contributed by atoms with E-state index in [2.05, 4.69) is 32.7 Å². The molecule has 0 radical (unpaired) electrons. The van der Waals surface area contributed by atoms with Gasteiger partial charge in [0.2, 0.25) is 0 Å². The van der Waals surface area contributed by atoms with E-state index in [9.17, 15) is 0 Å². The highest BCUT2D eigenvalue weighted by atomic mass is 16.5. The van der Waals surface area contributed by atoms with E-state index < -0.39 is 0 Å². The molecule has 4 heteroatoms. The maximum Gasteiger partial charge on any atom is 0.0483 e. The molecule has 1 rings (SSSR count). The van der Waals surface area contributed by atoms with Crippen molar-refractivity contribution in [3.05, 3.63) is 0 Å². The molecule has 1 saturated heterocycles. The van der Waals surface area contributed by atoms with Crippen LogP contribution in [-0.2, 0) is 14.2 Å². The second-order valence-corrected chi connectivity index (χ2v) is 8.28. The minimum atomic E-state index is 0.237. The van der Waals surface area contributed by atoms with Crippen LogP contribution >= 0.6 is 0 Å². The average Bonchev–Trinajstić information content (AvgIpc) is 2.66. The predicted molar refractivity (Wildman–Crippen MR) is 115 cm³/mol. The molecule has 2 atom stereocenters. The molecule has 2 unspecified atom stereocenters. The van der Waals surface area contributed by atoms with Crippen molar-refractivity contribution in [1.82, 2.24) is 4.90 Å². The number of piperidine rings is 1. The van der Waals surface area contributed by atoms with Gasteiger partial charge in [0.05, 0.1) is 0 Å². The number of ether oxygens (including phenoxy) is 3. The lowest BCUT2D eigenvalue weighted by Gasteiger charge is -2.60. The van der Waals surface area contributed by atoms with Gasteiger partial charge in [-0.1, -0.05) is 19.8 Å². The van der Waals surface area contributed by atoms with E-state index >= 15 is 0 Å². The van der Waals surface area contributed by atoms with Crippen LogP contribution in [0, 0.1) is 5.41 Å². The summed E-state index contributed by atoms with van der Waals surface area (Å²) < 4.78 is 16.9. The lowest BCUT2D eigenvalue weighted by atomic mass is 9.56. The molecule has 0 bridgehead atoms. The molecule has 0 amide bonds. The molecule has 4 nitrogen and oxygen atoms in total. The standard InChI is InChI=1S/C23H47NO3/c1-6-13-22(14-9-10-19-25-5)15-11-18-24(4)23(22,17-21-27-8-3)16-12-20-26-7-2/h6-21H2,1-5H3. The van der Waals surface area contributed by atoms with Gasteiger partial charge in [-0.25, -0.2) is 0 Å². The Kier molecular flexibility index (Phi) is 12.8. The van der Waals surface area contributed by atoms with E-state index in [-0.39, 0.29) is 5.54 Å². The fourth-order valence-electron chi connectivity index (χ4n) is 5.57. The highest BCUT2D eigenvalue weighted by molar-refractivity contribution is 5.07. The van der Waals surface area contributed by atoms with E-state index in [0.717, 1.165) is 45.9 Å². The summed E-state index contributed by atoms with van der Waals surface area (Å²) in [6.07, 6.45) is 12.5. The summed E-state index contributed by atoms with van der Waals surface area (Å²) >= 11 is 0. The summed E-state index contributed by atoms with van der Waals surface area (Å²) in [4.78, 5) is 2.70. The van der Waals surface area contributed by atoms with Crippen LogP contribution in [0.25, 0.3) is 0 Å². The molecular formula is C23H47NO3. The molecule has 162 valence electrons. The van der Waals surface area contributed by atoms with Gasteiger partial charge < -0.3 is 19.1 Å².